The molecule has 3 heterocycles. The van der Waals surface area contributed by atoms with Gasteiger partial charge in [-0.1, -0.05) is 0 Å². The first kappa shape index (κ1) is 14.0. The number of rotatable bonds is 2. The average Bonchev–Trinajstić information content (AvgIpc) is 2.94. The van der Waals surface area contributed by atoms with E-state index in [9.17, 15) is 13.2 Å². The molecule has 0 aliphatic rings. The fourth-order valence-corrected chi connectivity index (χ4v) is 1.85. The number of hydrogen-bond donors (Lipinski definition) is 1. The minimum Gasteiger partial charge on any atom is -0.382 e. The molecule has 9 heteroatoms. The van der Waals surface area contributed by atoms with E-state index in [1.807, 2.05) is 0 Å². The second-order valence-corrected chi connectivity index (χ2v) is 4.37. The van der Waals surface area contributed by atoms with Crippen LogP contribution in [-0.2, 0) is 6.18 Å². The minimum atomic E-state index is -4.59. The number of nitrogens with two attached hydrogens (primary N) is 1. The third-order valence-electron chi connectivity index (χ3n) is 2.83. The van der Waals surface area contributed by atoms with Crippen LogP contribution in [0.15, 0.2) is 43.0 Å². The van der Waals surface area contributed by atoms with Crippen LogP contribution in [0.5, 0.6) is 0 Å². The van der Waals surface area contributed by atoms with E-state index in [1.165, 1.54) is 18.6 Å². The number of hydrogen-bond acceptors (Lipinski definition) is 5. The Morgan fingerprint density at radius 1 is 1.09 bits per heavy atom. The van der Waals surface area contributed by atoms with Crippen molar-refractivity contribution in [2.24, 2.45) is 0 Å². The molecule has 0 bridgehead atoms. The first-order valence-corrected chi connectivity index (χ1v) is 6.11. The Balaban J connectivity index is 2.16. The topological polar surface area (TPSA) is 82.5 Å². The predicted octanol–water partition coefficient (Wildman–Crippen LogP) is 2.33. The third-order valence-corrected chi connectivity index (χ3v) is 2.83. The van der Waals surface area contributed by atoms with Crippen LogP contribution in [0, 0.1) is 0 Å². The first-order valence-electron chi connectivity index (χ1n) is 6.11. The highest BCUT2D eigenvalue weighted by atomic mass is 19.4. The van der Waals surface area contributed by atoms with Crippen LogP contribution in [-0.4, -0.2) is 24.7 Å². The van der Waals surface area contributed by atoms with Gasteiger partial charge in [-0.2, -0.15) is 18.3 Å². The van der Waals surface area contributed by atoms with Crippen molar-refractivity contribution in [2.45, 2.75) is 6.18 Å². The summed E-state index contributed by atoms with van der Waals surface area (Å²) >= 11 is 0. The maximum Gasteiger partial charge on any atom is 0.433 e. The van der Waals surface area contributed by atoms with Gasteiger partial charge in [-0.3, -0.25) is 4.98 Å². The summed E-state index contributed by atoms with van der Waals surface area (Å²) in [4.78, 5) is 11.4. The van der Waals surface area contributed by atoms with Gasteiger partial charge in [0, 0.05) is 18.0 Å². The normalized spacial score (nSPS) is 11.6. The second kappa shape index (κ2) is 5.10. The monoisotopic (exact) mass is 306 g/mol. The fraction of sp³-hybridized carbons (Fsp3) is 0.0769. The van der Waals surface area contributed by atoms with Crippen LogP contribution in [0.1, 0.15) is 5.69 Å². The van der Waals surface area contributed by atoms with Gasteiger partial charge in [0.15, 0.2) is 11.5 Å². The zero-order chi connectivity index (χ0) is 15.7. The number of pyridine rings is 1. The molecule has 0 amide bonds. The van der Waals surface area contributed by atoms with E-state index < -0.39 is 11.9 Å². The standard InChI is InChI=1S/C13H9F3N6/c14-13(15,16)10-4-9(8-2-1-3-18-5-8)21-22(10)12-7-19-11(17)6-20-12/h1-7H,(H2,17,19). The summed E-state index contributed by atoms with van der Waals surface area (Å²) in [6, 6.07) is 4.17. The molecule has 0 unspecified atom stereocenters. The Morgan fingerprint density at radius 2 is 1.91 bits per heavy atom. The van der Waals surface area contributed by atoms with Gasteiger partial charge in [0.25, 0.3) is 0 Å². The van der Waals surface area contributed by atoms with Crippen LogP contribution in [0.25, 0.3) is 17.1 Å². The predicted molar refractivity (Wildman–Crippen MR) is 71.8 cm³/mol. The smallest absolute Gasteiger partial charge is 0.382 e. The molecule has 0 atom stereocenters. The molecule has 0 aliphatic heterocycles. The van der Waals surface area contributed by atoms with Crippen molar-refractivity contribution >= 4 is 5.82 Å². The molecule has 0 saturated carbocycles. The Kier molecular flexibility index (Phi) is 3.24. The van der Waals surface area contributed by atoms with Gasteiger partial charge in [-0.05, 0) is 18.2 Å². The third kappa shape index (κ3) is 2.60. The Bertz CT molecular complexity index is 780. The van der Waals surface area contributed by atoms with Crippen LogP contribution >= 0.6 is 0 Å². The van der Waals surface area contributed by atoms with Gasteiger partial charge in [0.2, 0.25) is 0 Å². The summed E-state index contributed by atoms with van der Waals surface area (Å²) < 4.78 is 40.3. The van der Waals surface area contributed by atoms with Crippen LogP contribution in [0.4, 0.5) is 19.0 Å². The minimum absolute atomic E-state index is 0.0725. The number of nitrogen functional groups attached to an aromatic ring is 1. The van der Waals surface area contributed by atoms with Crippen molar-refractivity contribution in [2.75, 3.05) is 5.73 Å². The molecule has 2 N–H and O–H groups in total. The Labute approximate surface area is 122 Å². The summed E-state index contributed by atoms with van der Waals surface area (Å²) in [7, 11) is 0. The van der Waals surface area contributed by atoms with E-state index >= 15 is 0 Å². The molecule has 3 aromatic rings. The maximum absolute atomic E-state index is 13.2. The Hall–Kier alpha value is -2.97. The van der Waals surface area contributed by atoms with Crippen molar-refractivity contribution < 1.29 is 13.2 Å². The lowest BCUT2D eigenvalue weighted by molar-refractivity contribution is -0.142. The van der Waals surface area contributed by atoms with Gasteiger partial charge in [0.05, 0.1) is 18.1 Å². The summed E-state index contributed by atoms with van der Waals surface area (Å²) in [6.45, 7) is 0. The van der Waals surface area contributed by atoms with Crippen LogP contribution in [0.3, 0.4) is 0 Å². The van der Waals surface area contributed by atoms with Gasteiger partial charge in [-0.15, -0.1) is 0 Å². The van der Waals surface area contributed by atoms with Gasteiger partial charge >= 0.3 is 6.18 Å². The summed E-state index contributed by atoms with van der Waals surface area (Å²) in [5, 5.41) is 3.96. The molecule has 3 aromatic heterocycles. The highest BCUT2D eigenvalue weighted by molar-refractivity contribution is 5.58. The largest absolute Gasteiger partial charge is 0.433 e. The van der Waals surface area contributed by atoms with E-state index in [0.29, 0.717) is 10.2 Å². The zero-order valence-corrected chi connectivity index (χ0v) is 11.0. The fourth-order valence-electron chi connectivity index (χ4n) is 1.85. The highest BCUT2D eigenvalue weighted by Crippen LogP contribution is 2.33. The van der Waals surface area contributed by atoms with E-state index in [-0.39, 0.29) is 17.3 Å². The van der Waals surface area contributed by atoms with Gasteiger partial charge in [-0.25, -0.2) is 14.6 Å². The molecule has 3 rings (SSSR count). The highest BCUT2D eigenvalue weighted by Gasteiger charge is 2.36. The zero-order valence-electron chi connectivity index (χ0n) is 11.0. The average molecular weight is 306 g/mol. The second-order valence-electron chi connectivity index (χ2n) is 4.37. The molecule has 112 valence electrons. The molecular formula is C13H9F3N6. The molecule has 6 nitrogen and oxygen atoms in total. The van der Waals surface area contributed by atoms with Crippen molar-refractivity contribution in [3.8, 4) is 17.1 Å². The number of anilines is 1. The van der Waals surface area contributed by atoms with Crippen molar-refractivity contribution in [1.29, 1.82) is 0 Å². The van der Waals surface area contributed by atoms with Crippen molar-refractivity contribution in [3.05, 3.63) is 48.7 Å². The molecule has 0 radical (unpaired) electrons. The summed E-state index contributed by atoms with van der Waals surface area (Å²) in [5.41, 5.74) is 5.04. The van der Waals surface area contributed by atoms with Crippen molar-refractivity contribution in [3.63, 3.8) is 0 Å². The molecule has 0 aliphatic carbocycles. The van der Waals surface area contributed by atoms with Gasteiger partial charge in [0.1, 0.15) is 5.82 Å². The first-order chi connectivity index (χ1) is 10.4. The lowest BCUT2D eigenvalue weighted by Crippen LogP contribution is -2.14. The molecule has 0 aromatic carbocycles. The molecule has 22 heavy (non-hydrogen) atoms. The van der Waals surface area contributed by atoms with Crippen LogP contribution in [0.2, 0.25) is 0 Å². The lowest BCUT2D eigenvalue weighted by atomic mass is 10.2. The lowest BCUT2D eigenvalue weighted by Gasteiger charge is -2.08. The molecule has 0 fully saturated rings. The Morgan fingerprint density at radius 3 is 2.50 bits per heavy atom. The molecule has 0 spiro atoms. The van der Waals surface area contributed by atoms with Crippen LogP contribution < -0.4 is 5.73 Å². The SMILES string of the molecule is Nc1cnc(-n2nc(-c3cccnc3)cc2C(F)(F)F)cn1. The number of nitrogens with zero attached hydrogens (tertiary/aromatic N) is 5. The van der Waals surface area contributed by atoms with Gasteiger partial charge < -0.3 is 5.73 Å². The summed E-state index contributed by atoms with van der Waals surface area (Å²) in [5.74, 6) is 0.0358. The van der Waals surface area contributed by atoms with E-state index in [1.54, 1.807) is 12.1 Å². The number of halogens is 3. The quantitative estimate of drug-likeness (QED) is 0.785. The summed E-state index contributed by atoms with van der Waals surface area (Å²) in [6.07, 6.45) is 0.667. The number of aromatic nitrogens is 5. The molecular weight excluding hydrogens is 297 g/mol. The van der Waals surface area contributed by atoms with E-state index in [4.69, 9.17) is 5.73 Å². The van der Waals surface area contributed by atoms with Crippen molar-refractivity contribution in [1.82, 2.24) is 24.7 Å². The molecule has 0 saturated heterocycles. The number of alkyl halides is 3. The van der Waals surface area contributed by atoms with E-state index in [0.717, 1.165) is 12.3 Å². The maximum atomic E-state index is 13.2. The van der Waals surface area contributed by atoms with E-state index in [2.05, 4.69) is 20.1 Å².